The molecule has 0 spiro atoms. The van der Waals surface area contributed by atoms with Crippen molar-refractivity contribution < 1.29 is 0 Å². The molecule has 0 atom stereocenters. The fourth-order valence-corrected chi connectivity index (χ4v) is 2.27. The molecule has 2 rings (SSSR count). The molecule has 14 heavy (non-hydrogen) atoms. The Morgan fingerprint density at radius 3 is 3.00 bits per heavy atom. The first-order valence-electron chi connectivity index (χ1n) is 4.54. The number of hydrogen-bond donors (Lipinski definition) is 1. The second-order valence-electron chi connectivity index (χ2n) is 3.24. The molecule has 0 amide bonds. The summed E-state index contributed by atoms with van der Waals surface area (Å²) in [4.78, 5) is 0. The third kappa shape index (κ3) is 1.44. The fourth-order valence-electron chi connectivity index (χ4n) is 1.69. The number of nitrogens with zero attached hydrogens (tertiary/aromatic N) is 2. The molecule has 2 aromatic rings. The molecule has 1 aromatic carbocycles. The van der Waals surface area contributed by atoms with Gasteiger partial charge in [-0.25, -0.2) is 0 Å². The van der Waals surface area contributed by atoms with Crippen LogP contribution < -0.4 is 5.73 Å². The zero-order valence-corrected chi connectivity index (χ0v) is 9.58. The molecule has 0 fully saturated rings. The van der Waals surface area contributed by atoms with Gasteiger partial charge in [0.15, 0.2) is 0 Å². The Kier molecular flexibility index (Phi) is 2.56. The zero-order valence-electron chi connectivity index (χ0n) is 8.00. The number of halogens is 1. The molecule has 0 saturated carbocycles. The van der Waals surface area contributed by atoms with Crippen LogP contribution in [0.1, 0.15) is 5.69 Å². The van der Waals surface area contributed by atoms with Gasteiger partial charge in [0.25, 0.3) is 0 Å². The zero-order chi connectivity index (χ0) is 10.1. The Labute approximate surface area is 91.0 Å². The van der Waals surface area contributed by atoms with E-state index in [0.29, 0.717) is 6.54 Å². The predicted octanol–water partition coefficient (Wildman–Crippen LogP) is 1.84. The van der Waals surface area contributed by atoms with E-state index in [1.807, 2.05) is 29.9 Å². The van der Waals surface area contributed by atoms with Gasteiger partial charge in [-0.1, -0.05) is 22.0 Å². The molecule has 0 unspecified atom stereocenters. The van der Waals surface area contributed by atoms with Crippen LogP contribution >= 0.6 is 15.9 Å². The average Bonchev–Trinajstić information content (AvgIpc) is 2.45. The van der Waals surface area contributed by atoms with Crippen molar-refractivity contribution >= 4 is 26.8 Å². The van der Waals surface area contributed by atoms with Crippen LogP contribution in [-0.2, 0) is 13.5 Å². The van der Waals surface area contributed by atoms with Crippen molar-refractivity contribution in [3.8, 4) is 0 Å². The molecule has 0 aliphatic carbocycles. The van der Waals surface area contributed by atoms with Gasteiger partial charge in [-0.05, 0) is 18.7 Å². The number of rotatable bonds is 2. The van der Waals surface area contributed by atoms with Gasteiger partial charge in [-0.3, -0.25) is 4.68 Å². The molecular formula is C10H12BrN3. The van der Waals surface area contributed by atoms with E-state index in [1.54, 1.807) is 0 Å². The standard InChI is InChI=1S/C10H12BrN3/c1-14-9(5-6-12)10-7(11)3-2-4-8(10)13-14/h2-4H,5-6,12H2,1H3. The quantitative estimate of drug-likeness (QED) is 0.888. The maximum atomic E-state index is 5.57. The van der Waals surface area contributed by atoms with Crippen molar-refractivity contribution in [1.82, 2.24) is 9.78 Å². The van der Waals surface area contributed by atoms with E-state index in [4.69, 9.17) is 5.73 Å². The Morgan fingerprint density at radius 1 is 1.50 bits per heavy atom. The van der Waals surface area contributed by atoms with Crippen molar-refractivity contribution in [2.75, 3.05) is 6.54 Å². The first-order valence-corrected chi connectivity index (χ1v) is 5.33. The van der Waals surface area contributed by atoms with Crippen molar-refractivity contribution in [1.29, 1.82) is 0 Å². The summed E-state index contributed by atoms with van der Waals surface area (Å²) in [5, 5.41) is 5.60. The third-order valence-corrected chi connectivity index (χ3v) is 2.97. The van der Waals surface area contributed by atoms with Crippen LogP contribution in [0.25, 0.3) is 10.9 Å². The summed E-state index contributed by atoms with van der Waals surface area (Å²) in [5.74, 6) is 0. The van der Waals surface area contributed by atoms with E-state index < -0.39 is 0 Å². The van der Waals surface area contributed by atoms with E-state index in [1.165, 1.54) is 11.1 Å². The maximum Gasteiger partial charge on any atom is 0.0937 e. The summed E-state index contributed by atoms with van der Waals surface area (Å²) < 4.78 is 2.99. The predicted molar refractivity (Wildman–Crippen MR) is 61.2 cm³/mol. The van der Waals surface area contributed by atoms with Crippen LogP contribution in [0.5, 0.6) is 0 Å². The Morgan fingerprint density at radius 2 is 2.29 bits per heavy atom. The number of nitrogens with two attached hydrogens (primary N) is 1. The van der Waals surface area contributed by atoms with Crippen LogP contribution in [0.2, 0.25) is 0 Å². The lowest BCUT2D eigenvalue weighted by molar-refractivity contribution is 0.715. The maximum absolute atomic E-state index is 5.57. The monoisotopic (exact) mass is 253 g/mol. The highest BCUT2D eigenvalue weighted by Gasteiger charge is 2.10. The normalized spacial score (nSPS) is 11.1. The van der Waals surface area contributed by atoms with Crippen molar-refractivity contribution in [3.63, 3.8) is 0 Å². The summed E-state index contributed by atoms with van der Waals surface area (Å²) in [6.07, 6.45) is 0.857. The topological polar surface area (TPSA) is 43.8 Å². The molecule has 0 aliphatic heterocycles. The molecule has 0 aliphatic rings. The second kappa shape index (κ2) is 3.71. The van der Waals surface area contributed by atoms with Gasteiger partial charge in [-0.2, -0.15) is 5.10 Å². The lowest BCUT2D eigenvalue weighted by Gasteiger charge is -2.00. The summed E-state index contributed by atoms with van der Waals surface area (Å²) in [6.45, 7) is 0.649. The lowest BCUT2D eigenvalue weighted by atomic mass is 10.1. The number of hydrogen-bond acceptors (Lipinski definition) is 2. The molecule has 0 saturated heterocycles. The Balaban J connectivity index is 2.73. The van der Waals surface area contributed by atoms with Crippen LogP contribution in [0.3, 0.4) is 0 Å². The van der Waals surface area contributed by atoms with Gasteiger partial charge in [0.05, 0.1) is 5.52 Å². The van der Waals surface area contributed by atoms with Gasteiger partial charge in [0.2, 0.25) is 0 Å². The molecule has 4 heteroatoms. The van der Waals surface area contributed by atoms with E-state index >= 15 is 0 Å². The highest BCUT2D eigenvalue weighted by atomic mass is 79.9. The van der Waals surface area contributed by atoms with Gasteiger partial charge in [-0.15, -0.1) is 0 Å². The Hall–Kier alpha value is -0.870. The van der Waals surface area contributed by atoms with E-state index in [2.05, 4.69) is 21.0 Å². The van der Waals surface area contributed by atoms with Crippen LogP contribution in [-0.4, -0.2) is 16.3 Å². The number of fused-ring (bicyclic) bond motifs is 1. The highest BCUT2D eigenvalue weighted by Crippen LogP contribution is 2.26. The van der Waals surface area contributed by atoms with Crippen molar-refractivity contribution in [2.45, 2.75) is 6.42 Å². The Bertz CT molecular complexity index is 462. The number of benzene rings is 1. The molecule has 0 bridgehead atoms. The van der Waals surface area contributed by atoms with Gasteiger partial charge in [0, 0.05) is 29.0 Å². The first-order chi connectivity index (χ1) is 6.74. The van der Waals surface area contributed by atoms with Crippen molar-refractivity contribution in [3.05, 3.63) is 28.4 Å². The fraction of sp³-hybridized carbons (Fsp3) is 0.300. The van der Waals surface area contributed by atoms with E-state index in [9.17, 15) is 0 Å². The average molecular weight is 254 g/mol. The molecular weight excluding hydrogens is 242 g/mol. The van der Waals surface area contributed by atoms with Crippen LogP contribution in [0.4, 0.5) is 0 Å². The number of aromatic nitrogens is 2. The van der Waals surface area contributed by atoms with E-state index in [-0.39, 0.29) is 0 Å². The summed E-state index contributed by atoms with van der Waals surface area (Å²) in [5.41, 5.74) is 7.78. The second-order valence-corrected chi connectivity index (χ2v) is 4.10. The number of aryl methyl sites for hydroxylation is 1. The molecule has 0 radical (unpaired) electrons. The third-order valence-electron chi connectivity index (χ3n) is 2.31. The molecule has 1 heterocycles. The summed E-state index contributed by atoms with van der Waals surface area (Å²) >= 11 is 3.54. The molecule has 74 valence electrons. The van der Waals surface area contributed by atoms with Crippen LogP contribution in [0.15, 0.2) is 22.7 Å². The first kappa shape index (κ1) is 9.68. The highest BCUT2D eigenvalue weighted by molar-refractivity contribution is 9.10. The van der Waals surface area contributed by atoms with E-state index in [0.717, 1.165) is 16.4 Å². The molecule has 2 N–H and O–H groups in total. The minimum atomic E-state index is 0.649. The van der Waals surface area contributed by atoms with Gasteiger partial charge in [0.1, 0.15) is 0 Å². The molecule has 1 aromatic heterocycles. The SMILES string of the molecule is Cn1nc2cccc(Br)c2c1CCN. The minimum absolute atomic E-state index is 0.649. The van der Waals surface area contributed by atoms with Crippen molar-refractivity contribution in [2.24, 2.45) is 12.8 Å². The smallest absolute Gasteiger partial charge is 0.0937 e. The summed E-state index contributed by atoms with van der Waals surface area (Å²) in [6, 6.07) is 6.04. The van der Waals surface area contributed by atoms with Crippen LogP contribution in [0, 0.1) is 0 Å². The molecule has 3 nitrogen and oxygen atoms in total. The van der Waals surface area contributed by atoms with Gasteiger partial charge < -0.3 is 5.73 Å². The minimum Gasteiger partial charge on any atom is -0.330 e. The largest absolute Gasteiger partial charge is 0.330 e. The summed E-state index contributed by atoms with van der Waals surface area (Å²) in [7, 11) is 1.96. The van der Waals surface area contributed by atoms with Gasteiger partial charge >= 0.3 is 0 Å². The lowest BCUT2D eigenvalue weighted by Crippen LogP contribution is -2.07.